The molecule has 0 bridgehead atoms. The van der Waals surface area contributed by atoms with Crippen molar-refractivity contribution >= 4 is 17.7 Å². The molecular formula is C26H33N3O3. The molecule has 2 heterocycles. The number of benzene rings is 2. The average Bonchev–Trinajstić information content (AvgIpc) is 2.78. The predicted octanol–water partition coefficient (Wildman–Crippen LogP) is 4.84. The number of nitrogens with one attached hydrogen (secondary N) is 1. The van der Waals surface area contributed by atoms with Crippen molar-refractivity contribution in [2.75, 3.05) is 24.5 Å². The van der Waals surface area contributed by atoms with Gasteiger partial charge < -0.3 is 15.3 Å². The fraction of sp³-hybridized carbons (Fsp3) is 0.462. The molecular weight excluding hydrogens is 402 g/mol. The van der Waals surface area contributed by atoms with E-state index < -0.39 is 6.09 Å². The number of carbonyl (C=O) groups excluding carboxylic acids is 1. The van der Waals surface area contributed by atoms with E-state index >= 15 is 0 Å². The van der Waals surface area contributed by atoms with Crippen molar-refractivity contribution < 1.29 is 14.7 Å². The van der Waals surface area contributed by atoms with Gasteiger partial charge in [-0.15, -0.1) is 0 Å². The molecule has 0 spiro atoms. The summed E-state index contributed by atoms with van der Waals surface area (Å²) in [5.74, 6) is 0.0447. The molecule has 2 aliphatic rings. The number of rotatable bonds is 5. The fourth-order valence-electron chi connectivity index (χ4n) is 5.22. The van der Waals surface area contributed by atoms with Gasteiger partial charge in [0.2, 0.25) is 5.91 Å². The number of hydrogen-bond donors (Lipinski definition) is 2. The highest BCUT2D eigenvalue weighted by atomic mass is 16.4. The normalized spacial score (nSPS) is 21.1. The summed E-state index contributed by atoms with van der Waals surface area (Å²) >= 11 is 0. The summed E-state index contributed by atoms with van der Waals surface area (Å²) in [6.45, 7) is 7.32. The van der Waals surface area contributed by atoms with E-state index in [-0.39, 0.29) is 17.9 Å². The highest BCUT2D eigenvalue weighted by Crippen LogP contribution is 2.40. The molecule has 2 aromatic rings. The van der Waals surface area contributed by atoms with Crippen LogP contribution in [0.2, 0.25) is 0 Å². The van der Waals surface area contributed by atoms with Gasteiger partial charge in [-0.05, 0) is 73.7 Å². The molecule has 0 unspecified atom stereocenters. The van der Waals surface area contributed by atoms with Gasteiger partial charge in [-0.1, -0.05) is 36.8 Å². The van der Waals surface area contributed by atoms with E-state index in [0.29, 0.717) is 6.54 Å². The lowest BCUT2D eigenvalue weighted by atomic mass is 9.84. The molecule has 2 atom stereocenters. The van der Waals surface area contributed by atoms with Crippen LogP contribution in [0.1, 0.15) is 56.6 Å². The molecule has 32 heavy (non-hydrogen) atoms. The van der Waals surface area contributed by atoms with E-state index in [1.165, 1.54) is 37.9 Å². The average molecular weight is 436 g/mol. The molecule has 1 saturated heterocycles. The van der Waals surface area contributed by atoms with Crippen LogP contribution in [0.3, 0.4) is 0 Å². The van der Waals surface area contributed by atoms with Crippen molar-refractivity contribution in [3.05, 3.63) is 53.6 Å². The SMILES string of the molecule is CC(=O)N1c2ccc(-c3ccc(CN4CCCCC4)cc3)cc2[C@H](CNC(=O)O)C[C@@H]1C. The summed E-state index contributed by atoms with van der Waals surface area (Å²) in [5, 5.41) is 11.6. The molecule has 170 valence electrons. The van der Waals surface area contributed by atoms with E-state index in [0.717, 1.165) is 35.3 Å². The van der Waals surface area contributed by atoms with Crippen LogP contribution in [-0.4, -0.2) is 47.7 Å². The second-order valence-corrected chi connectivity index (χ2v) is 9.16. The summed E-state index contributed by atoms with van der Waals surface area (Å²) in [6, 6.07) is 15.0. The maximum Gasteiger partial charge on any atom is 0.404 e. The molecule has 2 aromatic carbocycles. The largest absolute Gasteiger partial charge is 0.465 e. The Hall–Kier alpha value is -2.86. The van der Waals surface area contributed by atoms with Crippen LogP contribution in [-0.2, 0) is 11.3 Å². The highest BCUT2D eigenvalue weighted by Gasteiger charge is 2.32. The highest BCUT2D eigenvalue weighted by molar-refractivity contribution is 5.94. The Morgan fingerprint density at radius 3 is 2.38 bits per heavy atom. The topological polar surface area (TPSA) is 72.9 Å². The van der Waals surface area contributed by atoms with Crippen LogP contribution in [0.4, 0.5) is 10.5 Å². The Morgan fingerprint density at radius 1 is 1.03 bits per heavy atom. The molecule has 1 fully saturated rings. The Labute approximate surface area is 190 Å². The van der Waals surface area contributed by atoms with Crippen molar-refractivity contribution in [3.8, 4) is 11.1 Å². The van der Waals surface area contributed by atoms with Gasteiger partial charge >= 0.3 is 6.09 Å². The Kier molecular flexibility index (Phi) is 6.80. The number of carbonyl (C=O) groups is 2. The Balaban J connectivity index is 1.59. The van der Waals surface area contributed by atoms with Crippen molar-refractivity contribution in [1.82, 2.24) is 10.2 Å². The molecule has 6 nitrogen and oxygen atoms in total. The van der Waals surface area contributed by atoms with Crippen LogP contribution in [0.25, 0.3) is 11.1 Å². The minimum Gasteiger partial charge on any atom is -0.465 e. The predicted molar refractivity (Wildman–Crippen MR) is 127 cm³/mol. The first kappa shape index (κ1) is 22.3. The maximum atomic E-state index is 12.3. The van der Waals surface area contributed by atoms with Gasteiger partial charge in [0.25, 0.3) is 0 Å². The molecule has 0 saturated carbocycles. The minimum absolute atomic E-state index is 0.0122. The van der Waals surface area contributed by atoms with Gasteiger partial charge in [0, 0.05) is 37.7 Å². The van der Waals surface area contributed by atoms with Crippen LogP contribution >= 0.6 is 0 Å². The smallest absolute Gasteiger partial charge is 0.404 e. The van der Waals surface area contributed by atoms with Gasteiger partial charge in [-0.2, -0.15) is 0 Å². The number of anilines is 1. The summed E-state index contributed by atoms with van der Waals surface area (Å²) < 4.78 is 0. The number of amides is 2. The molecule has 4 rings (SSSR count). The summed E-state index contributed by atoms with van der Waals surface area (Å²) in [7, 11) is 0. The van der Waals surface area contributed by atoms with E-state index in [2.05, 4.69) is 46.6 Å². The van der Waals surface area contributed by atoms with Crippen molar-refractivity contribution in [2.45, 2.75) is 58.0 Å². The Bertz CT molecular complexity index is 967. The summed E-state index contributed by atoms with van der Waals surface area (Å²) in [6.07, 6.45) is 3.64. The monoisotopic (exact) mass is 435 g/mol. The first-order chi connectivity index (χ1) is 15.4. The third-order valence-electron chi connectivity index (χ3n) is 6.77. The Morgan fingerprint density at radius 2 is 1.72 bits per heavy atom. The molecule has 2 aliphatic heterocycles. The fourth-order valence-corrected chi connectivity index (χ4v) is 5.22. The standard InChI is InChI=1S/C26H33N3O3/c1-18-14-23(16-27-26(31)32)24-15-22(10-11-25(24)29(18)19(2)30)21-8-6-20(7-9-21)17-28-12-4-3-5-13-28/h6-11,15,18,23,27H,3-5,12-14,16-17H2,1-2H3,(H,31,32)/t18-,23-/m0/s1. The van der Waals surface area contributed by atoms with Gasteiger partial charge in [0.05, 0.1) is 0 Å². The number of fused-ring (bicyclic) bond motifs is 1. The minimum atomic E-state index is -1.02. The summed E-state index contributed by atoms with van der Waals surface area (Å²) in [4.78, 5) is 27.8. The van der Waals surface area contributed by atoms with Gasteiger partial charge in [-0.3, -0.25) is 9.69 Å². The quantitative estimate of drug-likeness (QED) is 0.705. The molecule has 2 N–H and O–H groups in total. The zero-order valence-electron chi connectivity index (χ0n) is 19.0. The molecule has 2 amide bonds. The number of carboxylic acid groups (broad SMARTS) is 1. The summed E-state index contributed by atoms with van der Waals surface area (Å²) in [5.41, 5.74) is 5.47. The second-order valence-electron chi connectivity index (χ2n) is 9.16. The van der Waals surface area contributed by atoms with Crippen molar-refractivity contribution in [2.24, 2.45) is 0 Å². The first-order valence-corrected chi connectivity index (χ1v) is 11.6. The second kappa shape index (κ2) is 9.74. The molecule has 6 heteroatoms. The van der Waals surface area contributed by atoms with Crippen LogP contribution in [0.15, 0.2) is 42.5 Å². The van der Waals surface area contributed by atoms with Crippen molar-refractivity contribution in [1.29, 1.82) is 0 Å². The number of likely N-dealkylation sites (tertiary alicyclic amines) is 1. The van der Waals surface area contributed by atoms with Gasteiger partial charge in [0.15, 0.2) is 0 Å². The van der Waals surface area contributed by atoms with E-state index in [1.54, 1.807) is 6.92 Å². The lowest BCUT2D eigenvalue weighted by Gasteiger charge is -2.39. The third kappa shape index (κ3) is 4.96. The van der Waals surface area contributed by atoms with Gasteiger partial charge in [-0.25, -0.2) is 4.79 Å². The molecule has 0 radical (unpaired) electrons. The zero-order chi connectivity index (χ0) is 22.7. The number of hydrogen-bond acceptors (Lipinski definition) is 3. The van der Waals surface area contributed by atoms with Crippen molar-refractivity contribution in [3.63, 3.8) is 0 Å². The van der Waals surface area contributed by atoms with Crippen LogP contribution in [0, 0.1) is 0 Å². The van der Waals surface area contributed by atoms with Gasteiger partial charge in [0.1, 0.15) is 0 Å². The zero-order valence-corrected chi connectivity index (χ0v) is 19.0. The van der Waals surface area contributed by atoms with E-state index in [1.807, 2.05) is 17.9 Å². The lowest BCUT2D eigenvalue weighted by molar-refractivity contribution is -0.117. The van der Waals surface area contributed by atoms with Crippen LogP contribution in [0.5, 0.6) is 0 Å². The molecule has 0 aromatic heterocycles. The van der Waals surface area contributed by atoms with E-state index in [4.69, 9.17) is 5.11 Å². The third-order valence-corrected chi connectivity index (χ3v) is 6.77. The lowest BCUT2D eigenvalue weighted by Crippen LogP contribution is -2.44. The molecule has 0 aliphatic carbocycles. The number of piperidine rings is 1. The van der Waals surface area contributed by atoms with Crippen LogP contribution < -0.4 is 10.2 Å². The maximum absolute atomic E-state index is 12.3. The van der Waals surface area contributed by atoms with E-state index in [9.17, 15) is 9.59 Å². The number of nitrogens with zero attached hydrogens (tertiary/aromatic N) is 2. The first-order valence-electron chi connectivity index (χ1n) is 11.6.